The second kappa shape index (κ2) is 11.0. The van der Waals surface area contributed by atoms with E-state index in [1.165, 1.54) is 24.3 Å². The summed E-state index contributed by atoms with van der Waals surface area (Å²) in [4.78, 5) is 12.8. The first-order valence-corrected chi connectivity index (χ1v) is 13.3. The molecule has 1 atom stereocenters. The van der Waals surface area contributed by atoms with E-state index < -0.39 is 22.1 Å². The third-order valence-corrected chi connectivity index (χ3v) is 7.68. The minimum absolute atomic E-state index is 0.00625. The molecule has 0 saturated carbocycles. The van der Waals surface area contributed by atoms with Crippen LogP contribution in [0.3, 0.4) is 0 Å². The minimum atomic E-state index is -3.85. The molecule has 0 saturated heterocycles. The largest absolute Gasteiger partial charge is 0.346 e. The van der Waals surface area contributed by atoms with E-state index in [1.54, 1.807) is 19.1 Å². The summed E-state index contributed by atoms with van der Waals surface area (Å²) in [5, 5.41) is 18.9. The van der Waals surface area contributed by atoms with Gasteiger partial charge in [-0.1, -0.05) is 49.1 Å². The summed E-state index contributed by atoms with van der Waals surface area (Å²) in [6.07, 6.45) is 3.65. The summed E-state index contributed by atoms with van der Waals surface area (Å²) < 4.78 is 28.3. The maximum absolute atomic E-state index is 12.9. The number of urea groups is 1. The lowest BCUT2D eigenvalue weighted by Crippen LogP contribution is -2.44. The number of nitrogens with one attached hydrogen (secondary N) is 3. The van der Waals surface area contributed by atoms with Gasteiger partial charge in [0, 0.05) is 18.8 Å². The van der Waals surface area contributed by atoms with Crippen LogP contribution in [0, 0.1) is 0 Å². The van der Waals surface area contributed by atoms with Gasteiger partial charge in [-0.05, 0) is 77.4 Å². The van der Waals surface area contributed by atoms with Crippen molar-refractivity contribution in [3.63, 3.8) is 0 Å². The Labute approximate surface area is 216 Å². The molecule has 0 bridgehead atoms. The summed E-state index contributed by atoms with van der Waals surface area (Å²) in [6.45, 7) is 9.07. The van der Waals surface area contributed by atoms with Crippen LogP contribution < -0.4 is 30.9 Å². The highest BCUT2D eigenvalue weighted by molar-refractivity contribution is 7.92. The maximum Gasteiger partial charge on any atom is 0.346 e. The average molecular weight is 519 g/mol. The number of hydroxylamine groups is 1. The molecule has 37 heavy (non-hydrogen) atoms. The minimum Gasteiger partial charge on any atom is -0.329 e. The highest BCUT2D eigenvalue weighted by Gasteiger charge is 2.20. The number of hydrogen-bond donors (Lipinski definition) is 4. The van der Waals surface area contributed by atoms with E-state index in [-0.39, 0.29) is 10.6 Å². The second-order valence-electron chi connectivity index (χ2n) is 8.70. The fraction of sp³-hybridized carbons (Fsp3) is 0.179. The molecule has 3 aromatic rings. The first-order valence-electron chi connectivity index (χ1n) is 11.9. The van der Waals surface area contributed by atoms with Gasteiger partial charge in [0.15, 0.2) is 0 Å². The van der Waals surface area contributed by atoms with Gasteiger partial charge in [0.25, 0.3) is 10.0 Å². The van der Waals surface area contributed by atoms with Crippen molar-refractivity contribution in [2.45, 2.75) is 37.9 Å². The molecule has 0 aliphatic carbocycles. The third-order valence-electron chi connectivity index (χ3n) is 6.28. The molecule has 1 unspecified atom stereocenters. The molecule has 1 heterocycles. The topological polar surface area (TPSA) is 111 Å². The fourth-order valence-electron chi connectivity index (χ4n) is 4.31. The van der Waals surface area contributed by atoms with Crippen molar-refractivity contribution in [2.75, 3.05) is 9.79 Å². The van der Waals surface area contributed by atoms with Gasteiger partial charge in [-0.3, -0.25) is 9.93 Å². The summed E-state index contributed by atoms with van der Waals surface area (Å²) in [7, 11) is -3.85. The Balaban J connectivity index is 1.47. The SMILES string of the molecule is C=C/C(=c1/cccc/c1=C/C)C(C)NC(=O)N(O)c1ccc(S(=O)(=O)Nc2ccc3c(c2)CNC3)cc1. The van der Waals surface area contributed by atoms with E-state index in [4.69, 9.17) is 0 Å². The number of hydrogen-bond acceptors (Lipinski definition) is 5. The van der Waals surface area contributed by atoms with Crippen molar-refractivity contribution in [3.05, 3.63) is 101 Å². The van der Waals surface area contributed by atoms with Crippen LogP contribution in [0.25, 0.3) is 11.6 Å². The molecule has 192 valence electrons. The predicted molar refractivity (Wildman–Crippen MR) is 146 cm³/mol. The molecule has 1 aliphatic heterocycles. The zero-order valence-electron chi connectivity index (χ0n) is 20.7. The van der Waals surface area contributed by atoms with Gasteiger partial charge in [-0.15, -0.1) is 0 Å². The lowest BCUT2D eigenvalue weighted by atomic mass is 10.0. The smallest absolute Gasteiger partial charge is 0.329 e. The molecule has 2 amide bonds. The number of fused-ring (bicyclic) bond motifs is 1. The summed E-state index contributed by atoms with van der Waals surface area (Å²) >= 11 is 0. The Hall–Kier alpha value is -3.92. The molecule has 4 rings (SSSR count). The zero-order chi connectivity index (χ0) is 26.6. The molecule has 0 aromatic heterocycles. The Bertz CT molecular complexity index is 1550. The van der Waals surface area contributed by atoms with Crippen LogP contribution in [0.1, 0.15) is 25.0 Å². The maximum atomic E-state index is 12.9. The number of amides is 2. The highest BCUT2D eigenvalue weighted by atomic mass is 32.2. The molecule has 0 spiro atoms. The Morgan fingerprint density at radius 3 is 2.49 bits per heavy atom. The van der Waals surface area contributed by atoms with Crippen LogP contribution >= 0.6 is 0 Å². The van der Waals surface area contributed by atoms with Crippen LogP contribution in [0.5, 0.6) is 0 Å². The van der Waals surface area contributed by atoms with Crippen molar-refractivity contribution in [3.8, 4) is 0 Å². The normalized spacial score (nSPS) is 14.9. The molecule has 9 heteroatoms. The Morgan fingerprint density at radius 2 is 1.78 bits per heavy atom. The quantitative estimate of drug-likeness (QED) is 0.284. The highest BCUT2D eigenvalue weighted by Crippen LogP contribution is 2.24. The van der Waals surface area contributed by atoms with Crippen LogP contribution in [0.4, 0.5) is 16.2 Å². The van der Waals surface area contributed by atoms with Crippen molar-refractivity contribution in [1.29, 1.82) is 0 Å². The summed E-state index contributed by atoms with van der Waals surface area (Å²) in [6, 6.07) is 17.4. The van der Waals surface area contributed by atoms with Gasteiger partial charge >= 0.3 is 6.03 Å². The van der Waals surface area contributed by atoms with Gasteiger partial charge in [-0.25, -0.2) is 13.2 Å². The molecular formula is C28H30N4O4S. The van der Waals surface area contributed by atoms with Crippen molar-refractivity contribution < 1.29 is 18.4 Å². The Kier molecular flexibility index (Phi) is 7.77. The van der Waals surface area contributed by atoms with E-state index in [0.29, 0.717) is 17.3 Å². The van der Waals surface area contributed by atoms with Gasteiger partial charge in [0.1, 0.15) is 0 Å². The lowest BCUT2D eigenvalue weighted by Gasteiger charge is -2.21. The number of benzene rings is 3. The second-order valence-corrected chi connectivity index (χ2v) is 10.4. The number of carbonyl (C=O) groups excluding carboxylic acids is 1. The standard InChI is InChI=1S/C28H30N4O4S/c1-4-20-8-6-7-9-27(20)26(5-2)19(3)30-28(33)32(34)24-12-14-25(15-13-24)37(35,36)31-23-11-10-21-17-29-18-22(21)16-23/h4-16,19,29,31,34H,2,17-18H2,1,3H3,(H,30,33)/b20-4-,27-26+. The van der Waals surface area contributed by atoms with E-state index in [0.717, 1.165) is 33.7 Å². The molecule has 0 fully saturated rings. The first-order chi connectivity index (χ1) is 17.7. The molecule has 3 aromatic carbocycles. The average Bonchev–Trinajstić information content (AvgIpc) is 3.36. The van der Waals surface area contributed by atoms with Gasteiger partial charge in [0.05, 0.1) is 16.6 Å². The lowest BCUT2D eigenvalue weighted by molar-refractivity contribution is 0.203. The van der Waals surface area contributed by atoms with Crippen LogP contribution in [0.15, 0.2) is 84.3 Å². The number of carbonyl (C=O) groups is 1. The number of anilines is 2. The summed E-state index contributed by atoms with van der Waals surface area (Å²) in [5.41, 5.74) is 3.59. The van der Waals surface area contributed by atoms with Crippen molar-refractivity contribution >= 4 is 39.1 Å². The number of rotatable bonds is 7. The van der Waals surface area contributed by atoms with Crippen LogP contribution in [-0.4, -0.2) is 25.7 Å². The summed E-state index contributed by atoms with van der Waals surface area (Å²) in [5.74, 6) is 0. The van der Waals surface area contributed by atoms with E-state index in [2.05, 4.69) is 21.9 Å². The molecular weight excluding hydrogens is 488 g/mol. The van der Waals surface area contributed by atoms with Gasteiger partial charge in [-0.2, -0.15) is 5.06 Å². The van der Waals surface area contributed by atoms with E-state index in [1.807, 2.05) is 49.4 Å². The van der Waals surface area contributed by atoms with Crippen molar-refractivity contribution in [1.82, 2.24) is 10.6 Å². The van der Waals surface area contributed by atoms with Gasteiger partial charge < -0.3 is 10.6 Å². The van der Waals surface area contributed by atoms with E-state index in [9.17, 15) is 18.4 Å². The predicted octanol–water partition coefficient (Wildman–Crippen LogP) is 3.22. The molecule has 8 nitrogen and oxygen atoms in total. The Morgan fingerprint density at radius 1 is 1.08 bits per heavy atom. The molecule has 0 radical (unpaired) electrons. The fourth-order valence-corrected chi connectivity index (χ4v) is 5.36. The molecule has 1 aliphatic rings. The number of nitrogens with zero attached hydrogens (tertiary/aromatic N) is 1. The molecule has 4 N–H and O–H groups in total. The zero-order valence-corrected chi connectivity index (χ0v) is 21.5. The monoisotopic (exact) mass is 518 g/mol. The third kappa shape index (κ3) is 5.75. The van der Waals surface area contributed by atoms with Gasteiger partial charge in [0.2, 0.25) is 0 Å². The van der Waals surface area contributed by atoms with Crippen LogP contribution in [-0.2, 0) is 23.1 Å². The van der Waals surface area contributed by atoms with Crippen molar-refractivity contribution in [2.24, 2.45) is 0 Å². The first kappa shape index (κ1) is 26.2. The van der Waals surface area contributed by atoms with E-state index >= 15 is 0 Å². The van der Waals surface area contributed by atoms with Crippen LogP contribution in [0.2, 0.25) is 0 Å². The number of sulfonamides is 1.